The number of aromatic nitrogens is 4. The van der Waals surface area contributed by atoms with Gasteiger partial charge in [0.2, 0.25) is 0 Å². The Kier molecular flexibility index (Phi) is 4.20. The van der Waals surface area contributed by atoms with Gasteiger partial charge < -0.3 is 4.57 Å². The van der Waals surface area contributed by atoms with Crippen LogP contribution in [0, 0.1) is 0 Å². The summed E-state index contributed by atoms with van der Waals surface area (Å²) in [5.74, 6) is 1.29. The van der Waals surface area contributed by atoms with Crippen molar-refractivity contribution in [2.24, 2.45) is 0 Å². The van der Waals surface area contributed by atoms with Crippen molar-refractivity contribution in [3.8, 4) is 51.0 Å². The Balaban J connectivity index is 1.46. The van der Waals surface area contributed by atoms with E-state index in [2.05, 4.69) is 0 Å². The van der Waals surface area contributed by atoms with Gasteiger partial charge in [-0.25, -0.2) is 15.0 Å². The largest absolute Gasteiger partial charge is 0.309 e. The Morgan fingerprint density at radius 3 is 1.74 bits per heavy atom. The molecule has 6 aromatic carbocycles. The highest BCUT2D eigenvalue weighted by Crippen LogP contribution is 2.38. The van der Waals surface area contributed by atoms with Gasteiger partial charge in [-0.1, -0.05) is 139 Å². The topological polar surface area (TPSA) is 43.6 Å². The normalized spacial score (nSPS) is 14.2. The van der Waals surface area contributed by atoms with Gasteiger partial charge in [0.25, 0.3) is 0 Å². The maximum Gasteiger partial charge on any atom is 0.164 e. The minimum atomic E-state index is -0.527. The molecule has 0 N–H and O–H groups in total. The number of nitrogens with zero attached hydrogens (tertiary/aromatic N) is 4. The maximum atomic E-state index is 9.07. The number of hydrogen-bond acceptors (Lipinski definition) is 3. The van der Waals surface area contributed by atoms with E-state index in [1.807, 2.05) is 66.7 Å². The monoisotopic (exact) mass is 559 g/mol. The van der Waals surface area contributed by atoms with Crippen LogP contribution in [-0.2, 0) is 0 Å². The van der Waals surface area contributed by atoms with E-state index in [1.165, 1.54) is 0 Å². The third-order valence-corrected chi connectivity index (χ3v) is 7.25. The van der Waals surface area contributed by atoms with Gasteiger partial charge in [-0.3, -0.25) is 0 Å². The molecule has 4 heteroatoms. The molecule has 8 aromatic rings. The second-order valence-corrected chi connectivity index (χ2v) is 9.85. The summed E-state index contributed by atoms with van der Waals surface area (Å²) in [5, 5.41) is 0.660. The van der Waals surface area contributed by atoms with Crippen LogP contribution in [-0.4, -0.2) is 19.5 Å². The quantitative estimate of drug-likeness (QED) is 0.211. The average Bonchev–Trinajstić information content (AvgIpc) is 3.54. The zero-order valence-corrected chi connectivity index (χ0v) is 22.6. The van der Waals surface area contributed by atoms with E-state index in [1.54, 1.807) is 41.0 Å². The number of rotatable bonds is 5. The second-order valence-electron chi connectivity index (χ2n) is 9.85. The lowest BCUT2D eigenvalue weighted by molar-refractivity contribution is 1.07. The Bertz CT molecular complexity index is 2650. The smallest absolute Gasteiger partial charge is 0.164 e. The molecule has 0 aliphatic carbocycles. The molecule has 0 amide bonds. The zero-order chi connectivity index (χ0) is 36.4. The van der Waals surface area contributed by atoms with Crippen molar-refractivity contribution >= 4 is 21.8 Å². The summed E-state index contributed by atoms with van der Waals surface area (Å²) in [6.07, 6.45) is 0. The lowest BCUT2D eigenvalue weighted by Gasteiger charge is -2.13. The van der Waals surface area contributed by atoms with Crippen LogP contribution < -0.4 is 0 Å². The van der Waals surface area contributed by atoms with Crippen molar-refractivity contribution in [1.29, 1.82) is 0 Å². The van der Waals surface area contributed by atoms with Crippen LogP contribution >= 0.6 is 0 Å². The molecule has 0 fully saturated rings. The summed E-state index contributed by atoms with van der Waals surface area (Å²) in [4.78, 5) is 14.5. The van der Waals surface area contributed by atoms with Crippen LogP contribution in [0.3, 0.4) is 0 Å². The molecule has 202 valence electrons. The van der Waals surface area contributed by atoms with Gasteiger partial charge in [0, 0.05) is 38.7 Å². The fourth-order valence-corrected chi connectivity index (χ4v) is 5.33. The van der Waals surface area contributed by atoms with E-state index >= 15 is 0 Å². The molecule has 8 rings (SSSR count). The van der Waals surface area contributed by atoms with Gasteiger partial charge in [0.1, 0.15) is 0 Å². The number of para-hydroxylation sites is 2. The molecule has 0 spiro atoms. The Morgan fingerprint density at radius 2 is 1.05 bits per heavy atom. The van der Waals surface area contributed by atoms with Gasteiger partial charge in [-0.05, 0) is 23.7 Å². The standard InChI is InChI=1S/C39H26N4/c1-4-14-27(15-5-1)32-23-13-24-34-33-22-10-11-25-35(33)43(36(32)34)31-21-12-20-30(26-31)39-41-37(28-16-6-2-7-17-28)40-38(42-39)29-18-8-3-9-19-29/h1-26H/i1D,4D,5D,10D,11D,14D,15D,22D,25D. The van der Waals surface area contributed by atoms with E-state index in [0.717, 1.165) is 11.1 Å². The van der Waals surface area contributed by atoms with E-state index in [4.69, 9.17) is 27.3 Å². The van der Waals surface area contributed by atoms with Gasteiger partial charge >= 0.3 is 0 Å². The van der Waals surface area contributed by atoms with Crippen molar-refractivity contribution in [3.05, 3.63) is 158 Å². The van der Waals surface area contributed by atoms with E-state index < -0.39 is 42.3 Å². The first-order chi connectivity index (χ1) is 25.1. The summed E-state index contributed by atoms with van der Waals surface area (Å²) in [6, 6.07) is 27.5. The van der Waals surface area contributed by atoms with E-state index in [9.17, 15) is 0 Å². The minimum Gasteiger partial charge on any atom is -0.309 e. The highest BCUT2D eigenvalue weighted by atomic mass is 15.0. The van der Waals surface area contributed by atoms with Crippen LogP contribution in [0.5, 0.6) is 0 Å². The van der Waals surface area contributed by atoms with Crippen molar-refractivity contribution in [2.75, 3.05) is 0 Å². The molecule has 0 bridgehead atoms. The molecule has 0 unspecified atom stereocenters. The first-order valence-electron chi connectivity index (χ1n) is 18.1. The van der Waals surface area contributed by atoms with Crippen LogP contribution in [0.1, 0.15) is 12.3 Å². The van der Waals surface area contributed by atoms with Crippen LogP contribution in [0.2, 0.25) is 0 Å². The number of benzene rings is 6. The van der Waals surface area contributed by atoms with Crippen molar-refractivity contribution in [2.45, 2.75) is 0 Å². The molecule has 4 nitrogen and oxygen atoms in total. The fourth-order valence-electron chi connectivity index (χ4n) is 5.33. The maximum absolute atomic E-state index is 9.07. The predicted octanol–water partition coefficient (Wildman–Crippen LogP) is 9.64. The first-order valence-corrected chi connectivity index (χ1v) is 13.6. The van der Waals surface area contributed by atoms with Crippen LogP contribution in [0.4, 0.5) is 0 Å². The summed E-state index contributed by atoms with van der Waals surface area (Å²) in [5.41, 5.74) is 3.39. The molecule has 2 heterocycles. The molecule has 0 aliphatic rings. The molecule has 0 aliphatic heterocycles. The third kappa shape index (κ3) is 4.46. The van der Waals surface area contributed by atoms with E-state index in [0.29, 0.717) is 39.6 Å². The molecular formula is C39H26N4. The molecule has 0 saturated heterocycles. The summed E-state index contributed by atoms with van der Waals surface area (Å²) in [7, 11) is 0. The zero-order valence-electron chi connectivity index (χ0n) is 31.6. The van der Waals surface area contributed by atoms with Gasteiger partial charge in [-0.2, -0.15) is 0 Å². The molecule has 0 saturated carbocycles. The Hall–Kier alpha value is -5.87. The predicted molar refractivity (Wildman–Crippen MR) is 176 cm³/mol. The first kappa shape index (κ1) is 17.2. The van der Waals surface area contributed by atoms with Crippen molar-refractivity contribution in [1.82, 2.24) is 19.5 Å². The van der Waals surface area contributed by atoms with Crippen molar-refractivity contribution in [3.63, 3.8) is 0 Å². The number of hydrogen-bond donors (Lipinski definition) is 0. The average molecular weight is 560 g/mol. The Labute approximate surface area is 262 Å². The van der Waals surface area contributed by atoms with E-state index in [-0.39, 0.29) is 34.1 Å². The SMILES string of the molecule is [2H]c1c([2H])c([2H])c(-c2cccc3c4c([2H])c([2H])c([2H])c([2H])c4n(-c4cccc(-c5nc(-c6ccccc6)nc(-c6ccccc6)n5)c4)c23)c([2H])c1[2H]. The minimum absolute atomic E-state index is 0.0514. The molecule has 0 radical (unpaired) electrons. The van der Waals surface area contributed by atoms with Crippen LogP contribution in [0.25, 0.3) is 72.8 Å². The van der Waals surface area contributed by atoms with Gasteiger partial charge in [-0.15, -0.1) is 0 Å². The highest BCUT2D eigenvalue weighted by Gasteiger charge is 2.18. The summed E-state index contributed by atoms with van der Waals surface area (Å²) < 4.78 is 79.3. The third-order valence-electron chi connectivity index (χ3n) is 7.25. The highest BCUT2D eigenvalue weighted by molar-refractivity contribution is 6.13. The summed E-state index contributed by atoms with van der Waals surface area (Å²) >= 11 is 0. The van der Waals surface area contributed by atoms with Gasteiger partial charge in [0.05, 0.1) is 23.4 Å². The van der Waals surface area contributed by atoms with Crippen LogP contribution in [0.15, 0.2) is 158 Å². The number of fused-ring (bicyclic) bond motifs is 3. The Morgan fingerprint density at radius 1 is 0.465 bits per heavy atom. The molecule has 0 atom stereocenters. The van der Waals surface area contributed by atoms with Crippen molar-refractivity contribution < 1.29 is 12.3 Å². The lowest BCUT2D eigenvalue weighted by atomic mass is 10.0. The molecule has 2 aromatic heterocycles. The molecular weight excluding hydrogens is 524 g/mol. The summed E-state index contributed by atoms with van der Waals surface area (Å²) in [6.45, 7) is 0. The molecule has 43 heavy (non-hydrogen) atoms. The fraction of sp³-hybridized carbons (Fsp3) is 0. The second kappa shape index (κ2) is 10.5. The van der Waals surface area contributed by atoms with Gasteiger partial charge in [0.15, 0.2) is 17.5 Å². The lowest BCUT2D eigenvalue weighted by Crippen LogP contribution is -2.01.